The molecular weight excluding hydrogens is 302 g/mol. The number of hydrogen-bond acceptors (Lipinski definition) is 4. The average Bonchev–Trinajstić information content (AvgIpc) is 2.99. The van der Waals surface area contributed by atoms with Crippen LogP contribution in [0.3, 0.4) is 0 Å². The normalized spacial score (nSPS) is 17.2. The Morgan fingerprint density at radius 2 is 2.09 bits per heavy atom. The van der Waals surface area contributed by atoms with Crippen molar-refractivity contribution in [3.63, 3.8) is 0 Å². The number of nitrogens with one attached hydrogen (secondary N) is 1. The van der Waals surface area contributed by atoms with E-state index in [2.05, 4.69) is 53.6 Å². The van der Waals surface area contributed by atoms with Gasteiger partial charge in [0.15, 0.2) is 10.8 Å². The average molecular weight is 323 g/mol. The van der Waals surface area contributed by atoms with Crippen LogP contribution in [0.15, 0.2) is 36.4 Å². The minimum absolute atomic E-state index is 0.415. The molecule has 0 saturated heterocycles. The van der Waals surface area contributed by atoms with Crippen molar-refractivity contribution in [3.8, 4) is 0 Å². The van der Waals surface area contributed by atoms with E-state index < -0.39 is 0 Å². The number of rotatable bonds is 4. The highest BCUT2D eigenvalue weighted by atomic mass is 32.1. The minimum Gasteiger partial charge on any atom is -0.361 e. The lowest BCUT2D eigenvalue weighted by atomic mass is 9.82. The predicted octanol–water partition coefficient (Wildman–Crippen LogP) is 4.98. The second-order valence-corrected chi connectivity index (χ2v) is 7.19. The van der Waals surface area contributed by atoms with Crippen LogP contribution in [0.1, 0.15) is 48.9 Å². The van der Waals surface area contributed by atoms with E-state index in [-0.39, 0.29) is 0 Å². The fraction of sp³-hybridized carbons (Fsp3) is 0.368. The molecule has 23 heavy (non-hydrogen) atoms. The largest absolute Gasteiger partial charge is 0.361 e. The monoisotopic (exact) mass is 323 g/mol. The van der Waals surface area contributed by atoms with Gasteiger partial charge in [0, 0.05) is 12.5 Å². The minimum atomic E-state index is 0.415. The first-order valence-electron chi connectivity index (χ1n) is 8.44. The zero-order valence-electron chi connectivity index (χ0n) is 13.4. The second-order valence-electron chi connectivity index (χ2n) is 6.16. The Morgan fingerprint density at radius 3 is 2.91 bits per heavy atom. The lowest BCUT2D eigenvalue weighted by Gasteiger charge is -2.24. The van der Waals surface area contributed by atoms with Gasteiger partial charge in [0.2, 0.25) is 0 Å². The smallest absolute Gasteiger partial charge is 0.185 e. The maximum absolute atomic E-state index is 4.96. The van der Waals surface area contributed by atoms with E-state index in [4.69, 9.17) is 4.98 Å². The molecule has 3 nitrogen and oxygen atoms in total. The summed E-state index contributed by atoms with van der Waals surface area (Å²) in [6, 6.07) is 13.1. The van der Waals surface area contributed by atoms with Crippen LogP contribution in [0.2, 0.25) is 0 Å². The first-order chi connectivity index (χ1) is 11.3. The molecule has 0 spiro atoms. The molecule has 3 aromatic rings. The Balaban J connectivity index is 1.76. The second kappa shape index (κ2) is 6.28. The molecule has 1 atom stereocenters. The number of pyridine rings is 1. The van der Waals surface area contributed by atoms with Crippen molar-refractivity contribution in [2.45, 2.75) is 38.5 Å². The molecule has 1 N–H and O–H groups in total. The zero-order chi connectivity index (χ0) is 15.6. The number of nitrogens with zero attached hydrogens (tertiary/aromatic N) is 2. The molecule has 0 amide bonds. The quantitative estimate of drug-likeness (QED) is 0.735. The Kier molecular flexibility index (Phi) is 4.00. The van der Waals surface area contributed by atoms with Gasteiger partial charge in [0.1, 0.15) is 0 Å². The molecule has 0 aliphatic heterocycles. The molecule has 0 fully saturated rings. The van der Waals surface area contributed by atoms with Gasteiger partial charge in [-0.2, -0.15) is 0 Å². The van der Waals surface area contributed by atoms with Crippen LogP contribution in [-0.4, -0.2) is 16.5 Å². The van der Waals surface area contributed by atoms with E-state index in [0.29, 0.717) is 5.92 Å². The summed E-state index contributed by atoms with van der Waals surface area (Å²) < 4.78 is 1.20. The van der Waals surface area contributed by atoms with Gasteiger partial charge in [0.05, 0.1) is 10.4 Å². The Morgan fingerprint density at radius 1 is 1.22 bits per heavy atom. The maximum Gasteiger partial charge on any atom is 0.185 e. The summed E-state index contributed by atoms with van der Waals surface area (Å²) in [5, 5.41) is 4.38. The van der Waals surface area contributed by atoms with Crippen LogP contribution < -0.4 is 5.32 Å². The van der Waals surface area contributed by atoms with E-state index >= 15 is 0 Å². The van der Waals surface area contributed by atoms with Crippen LogP contribution >= 0.6 is 11.3 Å². The maximum atomic E-state index is 4.96. The topological polar surface area (TPSA) is 37.8 Å². The summed E-state index contributed by atoms with van der Waals surface area (Å²) >= 11 is 1.72. The van der Waals surface area contributed by atoms with Crippen molar-refractivity contribution in [2.75, 3.05) is 11.9 Å². The first-order valence-corrected chi connectivity index (χ1v) is 9.26. The molecule has 0 bridgehead atoms. The van der Waals surface area contributed by atoms with Gasteiger partial charge in [-0.25, -0.2) is 9.97 Å². The number of thiazole rings is 1. The molecule has 0 saturated carbocycles. The third-order valence-electron chi connectivity index (χ3n) is 4.49. The van der Waals surface area contributed by atoms with E-state index in [0.717, 1.165) is 30.2 Å². The molecule has 1 unspecified atom stereocenters. The molecule has 2 heterocycles. The van der Waals surface area contributed by atoms with Crippen LogP contribution in [0, 0.1) is 0 Å². The highest BCUT2D eigenvalue weighted by Crippen LogP contribution is 2.38. The molecule has 4 heteroatoms. The number of anilines is 1. The third-order valence-corrected chi connectivity index (χ3v) is 5.44. The van der Waals surface area contributed by atoms with Crippen LogP contribution in [0.4, 0.5) is 5.13 Å². The molecule has 4 rings (SSSR count). The predicted molar refractivity (Wildman–Crippen MR) is 97.4 cm³/mol. The summed E-state index contributed by atoms with van der Waals surface area (Å²) in [6.07, 6.45) is 4.66. The Bertz CT molecular complexity index is 810. The SMILES string of the molecule is CCCNc1nc2nc3c(cc2s1)CCCC3c1ccccc1. The van der Waals surface area contributed by atoms with Crippen molar-refractivity contribution in [1.29, 1.82) is 0 Å². The van der Waals surface area contributed by atoms with Crippen LogP contribution in [0.25, 0.3) is 10.3 Å². The number of aryl methyl sites for hydroxylation is 1. The van der Waals surface area contributed by atoms with Gasteiger partial charge in [-0.15, -0.1) is 0 Å². The number of benzene rings is 1. The van der Waals surface area contributed by atoms with Crippen LogP contribution in [0.5, 0.6) is 0 Å². The molecule has 1 aromatic carbocycles. The lowest BCUT2D eigenvalue weighted by Crippen LogP contribution is -2.13. The summed E-state index contributed by atoms with van der Waals surface area (Å²) in [7, 11) is 0. The fourth-order valence-corrected chi connectivity index (χ4v) is 4.27. The molecule has 118 valence electrons. The number of fused-ring (bicyclic) bond motifs is 2. The van der Waals surface area contributed by atoms with Gasteiger partial charge < -0.3 is 5.32 Å². The van der Waals surface area contributed by atoms with Gasteiger partial charge in [-0.1, -0.05) is 48.6 Å². The van der Waals surface area contributed by atoms with E-state index in [1.165, 1.54) is 34.4 Å². The zero-order valence-corrected chi connectivity index (χ0v) is 14.2. The van der Waals surface area contributed by atoms with Crippen molar-refractivity contribution in [3.05, 3.63) is 53.2 Å². The summed E-state index contributed by atoms with van der Waals surface area (Å²) in [5.41, 5.74) is 4.92. The highest BCUT2D eigenvalue weighted by Gasteiger charge is 2.24. The summed E-state index contributed by atoms with van der Waals surface area (Å²) in [5.74, 6) is 0.415. The Labute approximate surface area is 140 Å². The summed E-state index contributed by atoms with van der Waals surface area (Å²) in [6.45, 7) is 3.13. The highest BCUT2D eigenvalue weighted by molar-refractivity contribution is 7.22. The van der Waals surface area contributed by atoms with Crippen LogP contribution in [-0.2, 0) is 6.42 Å². The Hall–Kier alpha value is -1.94. The summed E-state index contributed by atoms with van der Waals surface area (Å²) in [4.78, 5) is 9.64. The van der Waals surface area contributed by atoms with Gasteiger partial charge in [-0.05, 0) is 42.9 Å². The standard InChI is InChI=1S/C19H21N3S/c1-2-11-20-19-22-18-16(23-19)12-14-9-6-10-15(17(14)21-18)13-7-4-3-5-8-13/h3-5,7-8,12,15H,2,6,9-11H2,1H3,(H,20,21,22). The van der Waals surface area contributed by atoms with Gasteiger partial charge in [-0.3, -0.25) is 0 Å². The molecule has 1 aliphatic rings. The van der Waals surface area contributed by atoms with E-state index in [1.54, 1.807) is 11.3 Å². The van der Waals surface area contributed by atoms with Crippen molar-refractivity contribution in [1.82, 2.24) is 9.97 Å². The molecule has 1 aliphatic carbocycles. The molecule has 0 radical (unpaired) electrons. The van der Waals surface area contributed by atoms with Gasteiger partial charge >= 0.3 is 0 Å². The van der Waals surface area contributed by atoms with E-state index in [9.17, 15) is 0 Å². The van der Waals surface area contributed by atoms with Crippen molar-refractivity contribution >= 4 is 26.8 Å². The lowest BCUT2D eigenvalue weighted by molar-refractivity contribution is 0.601. The number of hydrogen-bond donors (Lipinski definition) is 1. The first kappa shape index (κ1) is 14.6. The number of aromatic nitrogens is 2. The third kappa shape index (κ3) is 2.83. The van der Waals surface area contributed by atoms with Crippen molar-refractivity contribution in [2.24, 2.45) is 0 Å². The fourth-order valence-electron chi connectivity index (χ4n) is 3.37. The van der Waals surface area contributed by atoms with Crippen molar-refractivity contribution < 1.29 is 0 Å². The van der Waals surface area contributed by atoms with Gasteiger partial charge in [0.25, 0.3) is 0 Å². The molecule has 2 aromatic heterocycles. The molecular formula is C19H21N3S. The van der Waals surface area contributed by atoms with E-state index in [1.807, 2.05) is 0 Å².